The van der Waals surface area contributed by atoms with Crippen LogP contribution >= 0.6 is 0 Å². The molecule has 0 spiro atoms. The van der Waals surface area contributed by atoms with Crippen molar-refractivity contribution in [3.05, 3.63) is 35.4 Å². The molecule has 0 aromatic heterocycles. The van der Waals surface area contributed by atoms with E-state index in [2.05, 4.69) is 0 Å². The minimum absolute atomic E-state index is 0.710. The van der Waals surface area contributed by atoms with E-state index in [1.807, 2.05) is 0 Å². The maximum absolute atomic E-state index is 13.1. The van der Waals surface area contributed by atoms with Crippen LogP contribution in [0.15, 0.2) is 18.2 Å². The molecular formula is C9H7F4N. The molecule has 14 heavy (non-hydrogen) atoms. The van der Waals surface area contributed by atoms with Crippen molar-refractivity contribution in [2.24, 2.45) is 5.73 Å². The molecule has 0 amide bonds. The number of hydrogen-bond acceptors (Lipinski definition) is 1. The molecule has 5 heteroatoms. The van der Waals surface area contributed by atoms with Crippen LogP contribution in [0.2, 0.25) is 0 Å². The lowest BCUT2D eigenvalue weighted by molar-refractivity contribution is 0.0871. The highest BCUT2D eigenvalue weighted by Crippen LogP contribution is 2.58. The van der Waals surface area contributed by atoms with Crippen LogP contribution in [-0.4, -0.2) is 5.92 Å². The topological polar surface area (TPSA) is 26.0 Å². The summed E-state index contributed by atoms with van der Waals surface area (Å²) in [6.45, 7) is 0. The lowest BCUT2D eigenvalue weighted by Gasteiger charge is -2.12. The van der Waals surface area contributed by atoms with Gasteiger partial charge >= 0.3 is 0 Å². The fourth-order valence-electron chi connectivity index (χ4n) is 1.50. The molecule has 0 bridgehead atoms. The van der Waals surface area contributed by atoms with Crippen LogP contribution < -0.4 is 5.73 Å². The Bertz CT molecular complexity index is 370. The highest BCUT2D eigenvalue weighted by molar-refractivity contribution is 5.37. The third-order valence-electron chi connectivity index (χ3n) is 2.44. The van der Waals surface area contributed by atoms with Crippen molar-refractivity contribution in [2.45, 2.75) is 17.9 Å². The summed E-state index contributed by atoms with van der Waals surface area (Å²) in [5.41, 5.74) is 2.34. The SMILES string of the molecule is NC1(c2c(F)cccc2F)CC1(F)F. The van der Waals surface area contributed by atoms with Crippen LogP contribution in [0.3, 0.4) is 0 Å². The van der Waals surface area contributed by atoms with Gasteiger partial charge in [-0.15, -0.1) is 0 Å². The molecule has 2 N–H and O–H groups in total. The van der Waals surface area contributed by atoms with Gasteiger partial charge in [0, 0.05) is 12.0 Å². The summed E-state index contributed by atoms with van der Waals surface area (Å²) in [5, 5.41) is 0. The minimum atomic E-state index is -3.21. The van der Waals surface area contributed by atoms with Gasteiger partial charge in [0.25, 0.3) is 5.92 Å². The zero-order chi connectivity index (χ0) is 10.6. The Morgan fingerprint density at radius 3 is 1.93 bits per heavy atom. The Hall–Kier alpha value is -1.10. The molecule has 2 rings (SSSR count). The summed E-state index contributed by atoms with van der Waals surface area (Å²) >= 11 is 0. The van der Waals surface area contributed by atoms with Crippen LogP contribution in [0.5, 0.6) is 0 Å². The Balaban J connectivity index is 2.54. The number of rotatable bonds is 1. The van der Waals surface area contributed by atoms with Gasteiger partial charge < -0.3 is 5.73 Å². The molecule has 1 fully saturated rings. The summed E-state index contributed by atoms with van der Waals surface area (Å²) in [7, 11) is 0. The number of halogens is 4. The molecule has 0 aliphatic heterocycles. The fraction of sp³-hybridized carbons (Fsp3) is 0.333. The average Bonchev–Trinajstić information content (AvgIpc) is 2.50. The molecule has 1 aliphatic carbocycles. The first-order valence-corrected chi connectivity index (χ1v) is 4.00. The van der Waals surface area contributed by atoms with E-state index in [0.717, 1.165) is 18.2 Å². The van der Waals surface area contributed by atoms with Gasteiger partial charge in [0.15, 0.2) is 0 Å². The van der Waals surface area contributed by atoms with Crippen LogP contribution in [0.1, 0.15) is 12.0 Å². The smallest absolute Gasteiger partial charge is 0.272 e. The zero-order valence-corrected chi connectivity index (χ0v) is 7.03. The molecule has 0 saturated heterocycles. The molecular weight excluding hydrogens is 198 g/mol. The summed E-state index contributed by atoms with van der Waals surface area (Å²) < 4.78 is 51.7. The van der Waals surface area contributed by atoms with Gasteiger partial charge in [-0.05, 0) is 12.1 Å². The van der Waals surface area contributed by atoms with E-state index in [0.29, 0.717) is 0 Å². The number of alkyl halides is 2. The predicted octanol–water partition coefficient (Wildman–Crippen LogP) is 2.16. The van der Waals surface area contributed by atoms with E-state index in [-0.39, 0.29) is 0 Å². The van der Waals surface area contributed by atoms with E-state index in [1.54, 1.807) is 0 Å². The first-order chi connectivity index (χ1) is 6.38. The number of benzene rings is 1. The van der Waals surface area contributed by atoms with Crippen molar-refractivity contribution < 1.29 is 17.6 Å². The van der Waals surface area contributed by atoms with Crippen molar-refractivity contribution >= 4 is 0 Å². The molecule has 0 radical (unpaired) electrons. The molecule has 1 unspecified atom stereocenters. The van der Waals surface area contributed by atoms with Gasteiger partial charge in [-0.25, -0.2) is 17.6 Å². The average molecular weight is 205 g/mol. The van der Waals surface area contributed by atoms with Gasteiger partial charge in [-0.3, -0.25) is 0 Å². The second-order valence-corrected chi connectivity index (χ2v) is 3.45. The molecule has 76 valence electrons. The molecule has 1 aromatic rings. The van der Waals surface area contributed by atoms with Crippen LogP contribution in [0, 0.1) is 11.6 Å². The Morgan fingerprint density at radius 1 is 1.14 bits per heavy atom. The van der Waals surface area contributed by atoms with Crippen LogP contribution in [-0.2, 0) is 5.54 Å². The van der Waals surface area contributed by atoms with Crippen molar-refractivity contribution in [3.63, 3.8) is 0 Å². The Labute approximate surface area is 77.5 Å². The van der Waals surface area contributed by atoms with Crippen molar-refractivity contribution in [2.75, 3.05) is 0 Å². The summed E-state index contributed by atoms with van der Waals surface area (Å²) in [5.74, 6) is -5.26. The van der Waals surface area contributed by atoms with Gasteiger partial charge in [0.1, 0.15) is 17.2 Å². The fourth-order valence-corrected chi connectivity index (χ4v) is 1.50. The molecule has 1 nitrogen and oxygen atoms in total. The minimum Gasteiger partial charge on any atom is -0.316 e. The van der Waals surface area contributed by atoms with Crippen molar-refractivity contribution in [1.29, 1.82) is 0 Å². The van der Waals surface area contributed by atoms with Gasteiger partial charge in [-0.2, -0.15) is 0 Å². The third-order valence-corrected chi connectivity index (χ3v) is 2.44. The second kappa shape index (κ2) is 2.48. The highest BCUT2D eigenvalue weighted by atomic mass is 19.3. The summed E-state index contributed by atoms with van der Waals surface area (Å²) in [6, 6.07) is 2.95. The van der Waals surface area contributed by atoms with E-state index in [9.17, 15) is 17.6 Å². The Morgan fingerprint density at radius 2 is 1.57 bits per heavy atom. The molecule has 1 atom stereocenters. The van der Waals surface area contributed by atoms with E-state index < -0.39 is 35.1 Å². The van der Waals surface area contributed by atoms with E-state index in [1.165, 1.54) is 0 Å². The first kappa shape index (κ1) is 9.45. The molecule has 1 aromatic carbocycles. The summed E-state index contributed by atoms with van der Waals surface area (Å²) in [4.78, 5) is 0. The van der Waals surface area contributed by atoms with Crippen molar-refractivity contribution in [3.8, 4) is 0 Å². The van der Waals surface area contributed by atoms with Crippen LogP contribution in [0.4, 0.5) is 17.6 Å². The van der Waals surface area contributed by atoms with Crippen LogP contribution in [0.25, 0.3) is 0 Å². The van der Waals surface area contributed by atoms with Crippen molar-refractivity contribution in [1.82, 2.24) is 0 Å². The third kappa shape index (κ3) is 1.05. The van der Waals surface area contributed by atoms with Gasteiger partial charge in [0.05, 0.1) is 0 Å². The standard InChI is InChI=1S/C9H7F4N/c10-5-2-1-3-6(11)7(5)8(14)4-9(8,12)13/h1-3H,4,14H2. The predicted molar refractivity (Wildman–Crippen MR) is 41.8 cm³/mol. The second-order valence-electron chi connectivity index (χ2n) is 3.45. The summed E-state index contributed by atoms with van der Waals surface area (Å²) in [6.07, 6.45) is -0.710. The molecule has 1 saturated carbocycles. The Kier molecular flexibility index (Phi) is 1.67. The van der Waals surface area contributed by atoms with Gasteiger partial charge in [0.2, 0.25) is 0 Å². The first-order valence-electron chi connectivity index (χ1n) is 4.00. The number of nitrogens with two attached hydrogens (primary N) is 1. The molecule has 0 heterocycles. The van der Waals surface area contributed by atoms with E-state index >= 15 is 0 Å². The van der Waals surface area contributed by atoms with E-state index in [4.69, 9.17) is 5.73 Å². The lowest BCUT2D eigenvalue weighted by Crippen LogP contribution is -2.29. The lowest BCUT2D eigenvalue weighted by atomic mass is 10.0. The number of hydrogen-bond donors (Lipinski definition) is 1. The maximum Gasteiger partial charge on any atom is 0.272 e. The monoisotopic (exact) mass is 205 g/mol. The van der Waals surface area contributed by atoms with Gasteiger partial charge in [-0.1, -0.05) is 6.07 Å². The quantitative estimate of drug-likeness (QED) is 0.698. The highest BCUT2D eigenvalue weighted by Gasteiger charge is 2.71. The molecule has 1 aliphatic rings. The maximum atomic E-state index is 13.1. The largest absolute Gasteiger partial charge is 0.316 e. The normalized spacial score (nSPS) is 28.9. The zero-order valence-electron chi connectivity index (χ0n) is 7.03.